The molecule has 4 aliphatic carbocycles. The van der Waals surface area contributed by atoms with Gasteiger partial charge in [-0.05, 0) is 54.7 Å². The number of ketones is 3. The Morgan fingerprint density at radius 1 is 1.25 bits per heavy atom. The molecule has 6 heteroatoms. The summed E-state index contributed by atoms with van der Waals surface area (Å²) in [4.78, 5) is 37.5. The molecule has 3 saturated carbocycles. The summed E-state index contributed by atoms with van der Waals surface area (Å²) in [5.41, 5.74) is -4.55. The van der Waals surface area contributed by atoms with Crippen molar-refractivity contribution < 1.29 is 28.3 Å². The minimum atomic E-state index is -2.31. The van der Waals surface area contributed by atoms with Crippen LogP contribution in [0.2, 0.25) is 0 Å². The second-order valence-electron chi connectivity index (χ2n) is 9.59. The topological polar surface area (TPSA) is 71.4 Å². The second-order valence-corrected chi connectivity index (χ2v) is 9.59. The lowest BCUT2D eigenvalue weighted by molar-refractivity contribution is -0.171. The summed E-state index contributed by atoms with van der Waals surface area (Å²) >= 11 is 0. The van der Waals surface area contributed by atoms with Gasteiger partial charge in [0.15, 0.2) is 23.0 Å². The van der Waals surface area contributed by atoms with Crippen molar-refractivity contribution in [1.29, 1.82) is 0 Å². The maximum atomic E-state index is 16.7. The van der Waals surface area contributed by atoms with Gasteiger partial charge in [-0.3, -0.25) is 14.4 Å². The smallest absolute Gasteiger partial charge is 0.184 e. The fourth-order valence-corrected chi connectivity index (χ4v) is 7.09. The van der Waals surface area contributed by atoms with Crippen LogP contribution in [0.25, 0.3) is 0 Å². The molecule has 4 nitrogen and oxygen atoms in total. The number of alkyl halides is 2. The van der Waals surface area contributed by atoms with Crippen LogP contribution in [0, 0.1) is 34.5 Å². The zero-order valence-electron chi connectivity index (χ0n) is 16.4. The van der Waals surface area contributed by atoms with Crippen LogP contribution in [0.1, 0.15) is 40.0 Å². The Morgan fingerprint density at radius 3 is 2.57 bits per heavy atom. The van der Waals surface area contributed by atoms with Crippen LogP contribution in [0.5, 0.6) is 0 Å². The number of aliphatic hydroxyl groups excluding tert-OH is 1. The number of rotatable bonds is 2. The number of halogens is 2. The molecule has 4 aliphatic rings. The van der Waals surface area contributed by atoms with Crippen LogP contribution in [-0.2, 0) is 14.4 Å². The number of aliphatic hydroxyl groups is 1. The Morgan fingerprint density at radius 2 is 1.93 bits per heavy atom. The second kappa shape index (κ2) is 5.91. The molecule has 0 aliphatic heterocycles. The highest BCUT2D eigenvalue weighted by Crippen LogP contribution is 2.68. The average molecular weight is 392 g/mol. The van der Waals surface area contributed by atoms with Crippen LogP contribution in [0.15, 0.2) is 23.8 Å². The van der Waals surface area contributed by atoms with Crippen LogP contribution in [0.3, 0.4) is 0 Å². The van der Waals surface area contributed by atoms with Gasteiger partial charge in [0.05, 0.1) is 5.41 Å². The van der Waals surface area contributed by atoms with E-state index in [1.807, 2.05) is 13.8 Å². The highest BCUT2D eigenvalue weighted by Gasteiger charge is 2.73. The summed E-state index contributed by atoms with van der Waals surface area (Å²) in [5.74, 6) is -3.22. The first-order valence-electron chi connectivity index (χ1n) is 9.95. The predicted molar refractivity (Wildman–Crippen MR) is 97.8 cm³/mol. The SMILES string of the molecule is C[C@@H]1C[C@H]2[C@@H]3C[C@H](F)C4=CC(=O)C=C[C@]4(C)[C@@]3(F)C(=O)C[C@]2(C)[C@H]1C(=O)CO. The van der Waals surface area contributed by atoms with Gasteiger partial charge in [-0.1, -0.05) is 19.9 Å². The summed E-state index contributed by atoms with van der Waals surface area (Å²) < 4.78 is 31.9. The average Bonchev–Trinajstić information content (AvgIpc) is 2.89. The van der Waals surface area contributed by atoms with E-state index in [0.717, 1.165) is 6.08 Å². The molecule has 0 aromatic rings. The van der Waals surface area contributed by atoms with Gasteiger partial charge < -0.3 is 5.11 Å². The lowest BCUT2D eigenvalue weighted by Gasteiger charge is -2.59. The highest BCUT2D eigenvalue weighted by molar-refractivity contribution is 6.03. The van der Waals surface area contributed by atoms with Gasteiger partial charge in [-0.15, -0.1) is 0 Å². The van der Waals surface area contributed by atoms with Crippen molar-refractivity contribution in [1.82, 2.24) is 0 Å². The van der Waals surface area contributed by atoms with Gasteiger partial charge >= 0.3 is 0 Å². The maximum absolute atomic E-state index is 16.7. The first kappa shape index (κ1) is 19.6. The van der Waals surface area contributed by atoms with Crippen LogP contribution >= 0.6 is 0 Å². The molecular weight excluding hydrogens is 366 g/mol. The van der Waals surface area contributed by atoms with E-state index in [1.54, 1.807) is 0 Å². The molecule has 28 heavy (non-hydrogen) atoms. The highest BCUT2D eigenvalue weighted by atomic mass is 19.1. The molecule has 0 unspecified atom stereocenters. The van der Waals surface area contributed by atoms with E-state index in [9.17, 15) is 19.5 Å². The van der Waals surface area contributed by atoms with E-state index in [1.165, 1.54) is 19.1 Å². The molecule has 3 fully saturated rings. The molecule has 0 aromatic heterocycles. The molecule has 0 amide bonds. The number of Topliss-reactive ketones (excluding diaryl/α,β-unsaturated/α-hetero) is 2. The Balaban J connectivity index is 1.85. The Bertz CT molecular complexity index is 832. The van der Waals surface area contributed by atoms with Gasteiger partial charge in [0.25, 0.3) is 0 Å². The van der Waals surface area contributed by atoms with Crippen molar-refractivity contribution in [2.24, 2.45) is 34.5 Å². The Hall–Kier alpha value is -1.69. The standard InChI is InChI=1S/C22H26F2O4/c1-11-6-13-14-8-16(23)15-7-12(26)4-5-21(15,3)22(14,24)18(28)9-20(13,2)19(11)17(27)10-25/h4-5,7,11,13-14,16,19,25H,6,8-10H2,1-3H3/t11-,13+,14+,16+,19-,20+,21+,22+/m1/s1. The van der Waals surface area contributed by atoms with E-state index in [4.69, 9.17) is 0 Å². The monoisotopic (exact) mass is 392 g/mol. The van der Waals surface area contributed by atoms with Crippen LogP contribution in [0.4, 0.5) is 8.78 Å². The number of fused-ring (bicyclic) bond motifs is 5. The molecule has 0 heterocycles. The predicted octanol–water partition coefficient (Wildman–Crippen LogP) is 2.94. The number of hydrogen-bond acceptors (Lipinski definition) is 4. The fourth-order valence-electron chi connectivity index (χ4n) is 7.09. The van der Waals surface area contributed by atoms with Gasteiger partial charge in [0.2, 0.25) is 0 Å². The molecule has 152 valence electrons. The van der Waals surface area contributed by atoms with Crippen molar-refractivity contribution in [3.63, 3.8) is 0 Å². The molecule has 0 saturated heterocycles. The number of hydrogen-bond donors (Lipinski definition) is 1. The third-order valence-electron chi connectivity index (χ3n) is 8.23. The van der Waals surface area contributed by atoms with Gasteiger partial charge in [-0.2, -0.15) is 0 Å². The molecule has 0 radical (unpaired) electrons. The lowest BCUT2D eigenvalue weighted by Crippen LogP contribution is -2.66. The quantitative estimate of drug-likeness (QED) is 0.784. The van der Waals surface area contributed by atoms with E-state index in [2.05, 4.69) is 0 Å². The van der Waals surface area contributed by atoms with Crippen molar-refractivity contribution in [3.05, 3.63) is 23.8 Å². The normalized spacial score (nSPS) is 49.9. The summed E-state index contributed by atoms with van der Waals surface area (Å²) in [7, 11) is 0. The molecule has 0 spiro atoms. The molecular formula is C22H26F2O4. The molecule has 0 bridgehead atoms. The number of allylic oxidation sites excluding steroid dienone is 4. The maximum Gasteiger partial charge on any atom is 0.184 e. The Labute approximate surface area is 163 Å². The zero-order valence-corrected chi connectivity index (χ0v) is 16.4. The van der Waals surface area contributed by atoms with Gasteiger partial charge in [0, 0.05) is 18.3 Å². The van der Waals surface area contributed by atoms with Crippen molar-refractivity contribution in [3.8, 4) is 0 Å². The molecule has 1 N–H and O–H groups in total. The summed E-state index contributed by atoms with van der Waals surface area (Å²) in [6.45, 7) is 4.60. The fraction of sp³-hybridized carbons (Fsp3) is 0.682. The van der Waals surface area contributed by atoms with Crippen molar-refractivity contribution in [2.45, 2.75) is 51.9 Å². The first-order valence-corrected chi connectivity index (χ1v) is 9.95. The van der Waals surface area contributed by atoms with Crippen molar-refractivity contribution >= 4 is 17.3 Å². The zero-order chi connectivity index (χ0) is 20.6. The van der Waals surface area contributed by atoms with E-state index < -0.39 is 52.7 Å². The summed E-state index contributed by atoms with van der Waals surface area (Å²) in [5, 5.41) is 9.41. The largest absolute Gasteiger partial charge is 0.389 e. The third-order valence-corrected chi connectivity index (χ3v) is 8.23. The van der Waals surface area contributed by atoms with E-state index >= 15 is 8.78 Å². The molecule has 8 atom stereocenters. The van der Waals surface area contributed by atoms with E-state index in [0.29, 0.717) is 6.42 Å². The van der Waals surface area contributed by atoms with Crippen molar-refractivity contribution in [2.75, 3.05) is 6.61 Å². The minimum absolute atomic E-state index is 0.0460. The molecule has 0 aromatic carbocycles. The summed E-state index contributed by atoms with van der Waals surface area (Å²) in [6, 6.07) is 0. The van der Waals surface area contributed by atoms with Crippen LogP contribution < -0.4 is 0 Å². The van der Waals surface area contributed by atoms with E-state index in [-0.39, 0.29) is 36.0 Å². The lowest BCUT2D eigenvalue weighted by atomic mass is 9.45. The number of carbonyl (C=O) groups is 3. The third kappa shape index (κ3) is 2.15. The summed E-state index contributed by atoms with van der Waals surface area (Å²) in [6.07, 6.45) is 2.44. The molecule has 4 rings (SSSR count). The van der Waals surface area contributed by atoms with Gasteiger partial charge in [0.1, 0.15) is 12.8 Å². The minimum Gasteiger partial charge on any atom is -0.389 e. The van der Waals surface area contributed by atoms with Crippen LogP contribution in [-0.4, -0.2) is 40.9 Å². The van der Waals surface area contributed by atoms with Gasteiger partial charge in [-0.25, -0.2) is 8.78 Å². The Kier molecular flexibility index (Phi) is 4.14. The number of carbonyl (C=O) groups excluding carboxylic acids is 3. The first-order chi connectivity index (χ1) is 13.0.